The molecule has 0 N–H and O–H groups in total. The van der Waals surface area contributed by atoms with Gasteiger partial charge in [0.25, 0.3) is 0 Å². The standard InChI is InChI=1S/C13H16/c1-4-11-6-5-9(2)10(3)13(11)12-7-8-12/h4-6,12H,1,7-8H2,2-3H3. The summed E-state index contributed by atoms with van der Waals surface area (Å²) in [6.07, 6.45) is 4.72. The molecule has 0 heterocycles. The van der Waals surface area contributed by atoms with Gasteiger partial charge in [-0.2, -0.15) is 0 Å². The van der Waals surface area contributed by atoms with Gasteiger partial charge in [0, 0.05) is 0 Å². The highest BCUT2D eigenvalue weighted by molar-refractivity contribution is 5.58. The average Bonchev–Trinajstić information content (AvgIpc) is 2.92. The third-order valence-corrected chi connectivity index (χ3v) is 3.02. The fraction of sp³-hybridized carbons (Fsp3) is 0.385. The molecule has 0 atom stereocenters. The summed E-state index contributed by atoms with van der Waals surface area (Å²) in [5, 5.41) is 0. The van der Waals surface area contributed by atoms with Crippen LogP contribution in [0.3, 0.4) is 0 Å². The van der Waals surface area contributed by atoms with Crippen LogP contribution < -0.4 is 0 Å². The third kappa shape index (κ3) is 1.41. The number of benzene rings is 1. The molecule has 0 radical (unpaired) electrons. The second-order valence-corrected chi connectivity index (χ2v) is 3.99. The molecule has 2 rings (SSSR count). The molecule has 0 unspecified atom stereocenters. The summed E-state index contributed by atoms with van der Waals surface area (Å²) in [6.45, 7) is 8.29. The molecule has 1 saturated carbocycles. The molecule has 0 saturated heterocycles. The first kappa shape index (κ1) is 8.55. The van der Waals surface area contributed by atoms with E-state index in [-0.39, 0.29) is 0 Å². The van der Waals surface area contributed by atoms with E-state index < -0.39 is 0 Å². The van der Waals surface area contributed by atoms with Gasteiger partial charge < -0.3 is 0 Å². The maximum absolute atomic E-state index is 3.87. The molecule has 0 spiro atoms. The lowest BCUT2D eigenvalue weighted by Gasteiger charge is -2.11. The first-order valence-electron chi connectivity index (χ1n) is 4.96. The summed E-state index contributed by atoms with van der Waals surface area (Å²) in [7, 11) is 0. The van der Waals surface area contributed by atoms with Crippen molar-refractivity contribution < 1.29 is 0 Å². The van der Waals surface area contributed by atoms with Crippen LogP contribution in [0.4, 0.5) is 0 Å². The van der Waals surface area contributed by atoms with E-state index in [4.69, 9.17) is 0 Å². The minimum Gasteiger partial charge on any atom is -0.0985 e. The first-order valence-corrected chi connectivity index (χ1v) is 4.96. The maximum Gasteiger partial charge on any atom is -0.0153 e. The fourth-order valence-electron chi connectivity index (χ4n) is 1.95. The first-order chi connectivity index (χ1) is 6.24. The van der Waals surface area contributed by atoms with Gasteiger partial charge in [-0.25, -0.2) is 0 Å². The van der Waals surface area contributed by atoms with Crippen LogP contribution in [0.2, 0.25) is 0 Å². The van der Waals surface area contributed by atoms with Crippen LogP contribution in [0.1, 0.15) is 41.0 Å². The average molecular weight is 172 g/mol. The van der Waals surface area contributed by atoms with E-state index in [1.54, 1.807) is 5.56 Å². The highest BCUT2D eigenvalue weighted by Crippen LogP contribution is 2.44. The highest BCUT2D eigenvalue weighted by Gasteiger charge is 2.27. The van der Waals surface area contributed by atoms with Crippen molar-refractivity contribution in [2.75, 3.05) is 0 Å². The minimum atomic E-state index is 0.827. The number of rotatable bonds is 2. The van der Waals surface area contributed by atoms with E-state index in [0.29, 0.717) is 0 Å². The van der Waals surface area contributed by atoms with Crippen molar-refractivity contribution in [3.63, 3.8) is 0 Å². The lowest BCUT2D eigenvalue weighted by molar-refractivity contribution is 1.08. The molecule has 1 aliphatic carbocycles. The van der Waals surface area contributed by atoms with Gasteiger partial charge in [0.1, 0.15) is 0 Å². The Morgan fingerprint density at radius 1 is 1.31 bits per heavy atom. The van der Waals surface area contributed by atoms with Gasteiger partial charge in [0.2, 0.25) is 0 Å². The molecule has 1 fully saturated rings. The zero-order valence-electron chi connectivity index (χ0n) is 8.43. The molecule has 1 aromatic rings. The lowest BCUT2D eigenvalue weighted by atomic mass is 9.94. The van der Waals surface area contributed by atoms with Crippen molar-refractivity contribution in [2.45, 2.75) is 32.6 Å². The van der Waals surface area contributed by atoms with Crippen LogP contribution in [-0.4, -0.2) is 0 Å². The van der Waals surface area contributed by atoms with Gasteiger partial charge in [-0.3, -0.25) is 0 Å². The number of hydrogen-bond acceptors (Lipinski definition) is 0. The van der Waals surface area contributed by atoms with E-state index in [0.717, 1.165) is 5.92 Å². The van der Waals surface area contributed by atoms with Gasteiger partial charge in [-0.15, -0.1) is 0 Å². The summed E-state index contributed by atoms with van der Waals surface area (Å²) >= 11 is 0. The zero-order valence-corrected chi connectivity index (χ0v) is 8.43. The molecule has 13 heavy (non-hydrogen) atoms. The third-order valence-electron chi connectivity index (χ3n) is 3.02. The van der Waals surface area contributed by atoms with E-state index in [2.05, 4.69) is 32.6 Å². The zero-order chi connectivity index (χ0) is 9.42. The second-order valence-electron chi connectivity index (χ2n) is 3.99. The maximum atomic E-state index is 3.87. The Hall–Kier alpha value is -1.04. The van der Waals surface area contributed by atoms with Gasteiger partial charge in [-0.05, 0) is 54.9 Å². The van der Waals surface area contributed by atoms with Crippen molar-refractivity contribution in [3.8, 4) is 0 Å². The van der Waals surface area contributed by atoms with Crippen LogP contribution >= 0.6 is 0 Å². The van der Waals surface area contributed by atoms with Gasteiger partial charge in [0.05, 0.1) is 0 Å². The Bertz CT molecular complexity index is 343. The topological polar surface area (TPSA) is 0 Å². The smallest absolute Gasteiger partial charge is 0.0153 e. The lowest BCUT2D eigenvalue weighted by Crippen LogP contribution is -1.93. The van der Waals surface area contributed by atoms with E-state index in [1.807, 2.05) is 6.08 Å². The minimum absolute atomic E-state index is 0.827. The summed E-state index contributed by atoms with van der Waals surface area (Å²) < 4.78 is 0. The second kappa shape index (κ2) is 3.02. The van der Waals surface area contributed by atoms with Gasteiger partial charge >= 0.3 is 0 Å². The normalized spacial score (nSPS) is 15.8. The van der Waals surface area contributed by atoms with Crippen molar-refractivity contribution in [1.82, 2.24) is 0 Å². The van der Waals surface area contributed by atoms with Crippen molar-refractivity contribution in [2.24, 2.45) is 0 Å². The van der Waals surface area contributed by atoms with Crippen LogP contribution in [0.5, 0.6) is 0 Å². The molecule has 0 nitrogen and oxygen atoms in total. The number of hydrogen-bond donors (Lipinski definition) is 0. The van der Waals surface area contributed by atoms with Crippen LogP contribution in [0.25, 0.3) is 6.08 Å². The van der Waals surface area contributed by atoms with E-state index in [1.165, 1.54) is 29.5 Å². The van der Waals surface area contributed by atoms with Crippen molar-refractivity contribution >= 4 is 6.08 Å². The molecule has 0 heteroatoms. The Morgan fingerprint density at radius 2 is 2.00 bits per heavy atom. The molecule has 1 aromatic carbocycles. The molecule has 1 aliphatic rings. The van der Waals surface area contributed by atoms with Crippen molar-refractivity contribution in [3.05, 3.63) is 41.0 Å². The summed E-state index contributed by atoms with van der Waals surface area (Å²) in [5.74, 6) is 0.827. The van der Waals surface area contributed by atoms with Gasteiger partial charge in [0.15, 0.2) is 0 Å². The van der Waals surface area contributed by atoms with E-state index in [9.17, 15) is 0 Å². The Morgan fingerprint density at radius 3 is 2.54 bits per heavy atom. The predicted molar refractivity (Wildman–Crippen MR) is 58.0 cm³/mol. The quantitative estimate of drug-likeness (QED) is 0.636. The summed E-state index contributed by atoms with van der Waals surface area (Å²) in [5.41, 5.74) is 5.77. The monoisotopic (exact) mass is 172 g/mol. The number of aryl methyl sites for hydroxylation is 1. The summed E-state index contributed by atoms with van der Waals surface area (Å²) in [6, 6.07) is 4.39. The highest BCUT2D eigenvalue weighted by atomic mass is 14.3. The molecule has 0 aromatic heterocycles. The molecule has 0 amide bonds. The Labute approximate surface area is 80.3 Å². The molecule has 0 bridgehead atoms. The SMILES string of the molecule is C=Cc1ccc(C)c(C)c1C1CC1. The van der Waals surface area contributed by atoms with Gasteiger partial charge in [-0.1, -0.05) is 24.8 Å². The van der Waals surface area contributed by atoms with Crippen LogP contribution in [0, 0.1) is 13.8 Å². The molecular formula is C13H16. The molecule has 68 valence electrons. The fourth-order valence-corrected chi connectivity index (χ4v) is 1.95. The van der Waals surface area contributed by atoms with E-state index >= 15 is 0 Å². The molecule has 0 aliphatic heterocycles. The Balaban J connectivity index is 2.58. The molecular weight excluding hydrogens is 156 g/mol. The van der Waals surface area contributed by atoms with Crippen LogP contribution in [0.15, 0.2) is 18.7 Å². The summed E-state index contributed by atoms with van der Waals surface area (Å²) in [4.78, 5) is 0. The van der Waals surface area contributed by atoms with Crippen molar-refractivity contribution in [1.29, 1.82) is 0 Å². The predicted octanol–water partition coefficient (Wildman–Crippen LogP) is 3.82. The van der Waals surface area contributed by atoms with Crippen LogP contribution in [-0.2, 0) is 0 Å². The largest absolute Gasteiger partial charge is 0.0985 e. The Kier molecular flexibility index (Phi) is 1.99.